The van der Waals surface area contributed by atoms with E-state index in [1.54, 1.807) is 11.3 Å². The molecule has 0 aliphatic carbocycles. The van der Waals surface area contributed by atoms with Crippen molar-refractivity contribution in [1.29, 1.82) is 0 Å². The molecule has 1 aliphatic rings. The fourth-order valence-corrected chi connectivity index (χ4v) is 3.21. The van der Waals surface area contributed by atoms with Crippen LogP contribution in [0.15, 0.2) is 0 Å². The standard InChI is InChI=1S/C12H18N6S/c1-7-10(19-8(2)14-7)11-15-12(17-16-11)18-5-3-9(13)4-6-18/h9H,3-6,13H2,1-2H3,(H,15,16,17). The van der Waals surface area contributed by atoms with Crippen LogP contribution in [-0.2, 0) is 0 Å². The summed E-state index contributed by atoms with van der Waals surface area (Å²) in [5.41, 5.74) is 6.92. The summed E-state index contributed by atoms with van der Waals surface area (Å²) < 4.78 is 0. The van der Waals surface area contributed by atoms with Crippen molar-refractivity contribution in [3.63, 3.8) is 0 Å². The zero-order valence-electron chi connectivity index (χ0n) is 11.2. The molecule has 1 fully saturated rings. The molecular weight excluding hydrogens is 260 g/mol. The fourth-order valence-electron chi connectivity index (χ4n) is 2.35. The lowest BCUT2D eigenvalue weighted by Crippen LogP contribution is -2.40. The zero-order chi connectivity index (χ0) is 13.4. The maximum Gasteiger partial charge on any atom is 0.245 e. The number of aromatic amines is 1. The molecule has 0 bridgehead atoms. The Morgan fingerprint density at radius 1 is 1.26 bits per heavy atom. The number of aromatic nitrogens is 4. The number of nitrogens with zero attached hydrogens (tertiary/aromatic N) is 4. The molecule has 3 N–H and O–H groups in total. The summed E-state index contributed by atoms with van der Waals surface area (Å²) >= 11 is 1.64. The predicted molar refractivity (Wildman–Crippen MR) is 76.4 cm³/mol. The highest BCUT2D eigenvalue weighted by Gasteiger charge is 2.20. The Labute approximate surface area is 116 Å². The summed E-state index contributed by atoms with van der Waals surface area (Å²) in [6.45, 7) is 5.86. The topological polar surface area (TPSA) is 83.7 Å². The molecule has 1 aliphatic heterocycles. The Bertz CT molecular complexity index is 567. The minimum Gasteiger partial charge on any atom is -0.339 e. The van der Waals surface area contributed by atoms with Gasteiger partial charge in [0.15, 0.2) is 5.82 Å². The average Bonchev–Trinajstić information content (AvgIpc) is 2.97. The maximum absolute atomic E-state index is 5.91. The quantitative estimate of drug-likeness (QED) is 0.869. The van der Waals surface area contributed by atoms with Crippen molar-refractivity contribution in [2.45, 2.75) is 32.7 Å². The Balaban J connectivity index is 1.81. The molecule has 0 spiro atoms. The summed E-state index contributed by atoms with van der Waals surface area (Å²) in [7, 11) is 0. The minimum absolute atomic E-state index is 0.320. The van der Waals surface area contributed by atoms with Crippen molar-refractivity contribution in [2.24, 2.45) is 5.73 Å². The lowest BCUT2D eigenvalue weighted by atomic mass is 10.1. The lowest BCUT2D eigenvalue weighted by Gasteiger charge is -2.28. The number of nitrogens with one attached hydrogen (secondary N) is 1. The smallest absolute Gasteiger partial charge is 0.245 e. The van der Waals surface area contributed by atoms with Crippen molar-refractivity contribution in [2.75, 3.05) is 18.0 Å². The monoisotopic (exact) mass is 278 g/mol. The number of piperidine rings is 1. The van der Waals surface area contributed by atoms with E-state index in [0.717, 1.165) is 53.3 Å². The van der Waals surface area contributed by atoms with E-state index in [9.17, 15) is 0 Å². The number of nitrogens with two attached hydrogens (primary N) is 1. The number of rotatable bonds is 2. The number of hydrogen-bond donors (Lipinski definition) is 2. The van der Waals surface area contributed by atoms with Crippen molar-refractivity contribution < 1.29 is 0 Å². The van der Waals surface area contributed by atoms with Crippen LogP contribution in [0.5, 0.6) is 0 Å². The molecule has 19 heavy (non-hydrogen) atoms. The Hall–Kier alpha value is -1.47. The van der Waals surface area contributed by atoms with Crippen LogP contribution in [0.4, 0.5) is 5.95 Å². The van der Waals surface area contributed by atoms with E-state index >= 15 is 0 Å². The number of thiazole rings is 1. The first-order chi connectivity index (χ1) is 9.13. The van der Waals surface area contributed by atoms with Gasteiger partial charge in [-0.2, -0.15) is 4.98 Å². The van der Waals surface area contributed by atoms with E-state index in [1.165, 1.54) is 0 Å². The van der Waals surface area contributed by atoms with Gasteiger partial charge in [-0.25, -0.2) is 4.98 Å². The van der Waals surface area contributed by atoms with Crippen molar-refractivity contribution >= 4 is 17.3 Å². The van der Waals surface area contributed by atoms with Gasteiger partial charge in [-0.15, -0.1) is 16.4 Å². The first-order valence-corrected chi connectivity index (χ1v) is 7.32. The highest BCUT2D eigenvalue weighted by molar-refractivity contribution is 7.15. The molecule has 0 amide bonds. The highest BCUT2D eigenvalue weighted by atomic mass is 32.1. The van der Waals surface area contributed by atoms with E-state index in [4.69, 9.17) is 5.73 Å². The summed E-state index contributed by atoms with van der Waals surface area (Å²) in [5.74, 6) is 1.58. The Morgan fingerprint density at radius 3 is 2.63 bits per heavy atom. The van der Waals surface area contributed by atoms with E-state index in [0.29, 0.717) is 6.04 Å². The number of H-pyrrole nitrogens is 1. The molecule has 102 valence electrons. The van der Waals surface area contributed by atoms with Gasteiger partial charge in [0.25, 0.3) is 0 Å². The second-order valence-electron chi connectivity index (χ2n) is 4.96. The second kappa shape index (κ2) is 4.90. The van der Waals surface area contributed by atoms with Gasteiger partial charge in [0.2, 0.25) is 5.95 Å². The van der Waals surface area contributed by atoms with Gasteiger partial charge in [-0.3, -0.25) is 5.10 Å². The summed E-state index contributed by atoms with van der Waals surface area (Å²) in [6.07, 6.45) is 2.01. The third kappa shape index (κ3) is 2.48. The molecule has 0 unspecified atom stereocenters. The molecule has 0 saturated carbocycles. The van der Waals surface area contributed by atoms with Crippen molar-refractivity contribution in [1.82, 2.24) is 20.2 Å². The van der Waals surface area contributed by atoms with Crippen LogP contribution < -0.4 is 10.6 Å². The molecule has 3 heterocycles. The maximum atomic E-state index is 5.91. The Morgan fingerprint density at radius 2 is 2.00 bits per heavy atom. The molecular formula is C12H18N6S. The number of anilines is 1. The molecule has 3 rings (SSSR count). The van der Waals surface area contributed by atoms with E-state index in [1.807, 2.05) is 13.8 Å². The van der Waals surface area contributed by atoms with E-state index in [-0.39, 0.29) is 0 Å². The number of hydrogen-bond acceptors (Lipinski definition) is 6. The van der Waals surface area contributed by atoms with Crippen LogP contribution in [0.25, 0.3) is 10.7 Å². The number of aryl methyl sites for hydroxylation is 2. The third-order valence-electron chi connectivity index (χ3n) is 3.41. The molecule has 1 saturated heterocycles. The third-order valence-corrected chi connectivity index (χ3v) is 4.49. The average molecular weight is 278 g/mol. The van der Waals surface area contributed by atoms with Gasteiger partial charge >= 0.3 is 0 Å². The van der Waals surface area contributed by atoms with E-state index < -0.39 is 0 Å². The van der Waals surface area contributed by atoms with Crippen molar-refractivity contribution in [3.8, 4) is 10.7 Å². The fraction of sp³-hybridized carbons (Fsp3) is 0.583. The summed E-state index contributed by atoms with van der Waals surface area (Å²) in [5, 5.41) is 8.39. The van der Waals surface area contributed by atoms with Crippen LogP contribution in [0.1, 0.15) is 23.5 Å². The van der Waals surface area contributed by atoms with Gasteiger partial charge in [0.05, 0.1) is 15.6 Å². The van der Waals surface area contributed by atoms with Gasteiger partial charge < -0.3 is 10.6 Å². The molecule has 2 aromatic heterocycles. The van der Waals surface area contributed by atoms with Crippen LogP contribution in [0, 0.1) is 13.8 Å². The zero-order valence-corrected chi connectivity index (χ0v) is 12.0. The molecule has 0 atom stereocenters. The van der Waals surface area contributed by atoms with Crippen LogP contribution in [0.3, 0.4) is 0 Å². The first kappa shape index (κ1) is 12.6. The normalized spacial score (nSPS) is 17.1. The van der Waals surface area contributed by atoms with Gasteiger partial charge in [0.1, 0.15) is 0 Å². The Kier molecular flexibility index (Phi) is 3.24. The predicted octanol–water partition coefficient (Wildman–Crippen LogP) is 1.47. The minimum atomic E-state index is 0.320. The van der Waals surface area contributed by atoms with Crippen LogP contribution in [-0.4, -0.2) is 39.3 Å². The van der Waals surface area contributed by atoms with Crippen LogP contribution in [0.2, 0.25) is 0 Å². The van der Waals surface area contributed by atoms with Gasteiger partial charge in [-0.05, 0) is 26.7 Å². The van der Waals surface area contributed by atoms with Gasteiger partial charge in [-0.1, -0.05) is 0 Å². The van der Waals surface area contributed by atoms with Crippen LogP contribution >= 0.6 is 11.3 Å². The largest absolute Gasteiger partial charge is 0.339 e. The molecule has 0 radical (unpaired) electrons. The van der Waals surface area contributed by atoms with E-state index in [2.05, 4.69) is 25.1 Å². The lowest BCUT2D eigenvalue weighted by molar-refractivity contribution is 0.496. The molecule has 7 heteroatoms. The molecule has 0 aromatic carbocycles. The molecule has 2 aromatic rings. The molecule has 6 nitrogen and oxygen atoms in total. The summed E-state index contributed by atoms with van der Waals surface area (Å²) in [6, 6.07) is 0.320. The SMILES string of the molecule is Cc1nc(C)c(-c2nc(N3CCC(N)CC3)n[nH]2)s1. The second-order valence-corrected chi connectivity index (χ2v) is 6.16. The summed E-state index contributed by atoms with van der Waals surface area (Å²) in [4.78, 5) is 12.3. The highest BCUT2D eigenvalue weighted by Crippen LogP contribution is 2.28. The van der Waals surface area contributed by atoms with Crippen molar-refractivity contribution in [3.05, 3.63) is 10.7 Å². The van der Waals surface area contributed by atoms with Gasteiger partial charge in [0, 0.05) is 19.1 Å². The first-order valence-electron chi connectivity index (χ1n) is 6.51.